The molecular formula is C12H27NO3S. The Morgan fingerprint density at radius 3 is 2.00 bits per heavy atom. The van der Waals surface area contributed by atoms with Crippen molar-refractivity contribution in [1.82, 2.24) is 5.32 Å². The summed E-state index contributed by atoms with van der Waals surface area (Å²) >= 11 is 0. The lowest BCUT2D eigenvalue weighted by molar-refractivity contribution is 0.128. The SMILES string of the molecule is CC(O)CC(C)(C)CNCC(C)(C)S(C)(=O)=O. The summed E-state index contributed by atoms with van der Waals surface area (Å²) in [5.74, 6) is 0. The topological polar surface area (TPSA) is 66.4 Å². The van der Waals surface area contributed by atoms with Gasteiger partial charge in [0.1, 0.15) is 0 Å². The van der Waals surface area contributed by atoms with Gasteiger partial charge in [-0.15, -0.1) is 0 Å². The molecule has 2 N–H and O–H groups in total. The van der Waals surface area contributed by atoms with E-state index in [0.717, 1.165) is 0 Å². The lowest BCUT2D eigenvalue weighted by Crippen LogP contribution is -2.44. The largest absolute Gasteiger partial charge is 0.393 e. The first-order valence-electron chi connectivity index (χ1n) is 5.96. The van der Waals surface area contributed by atoms with Crippen LogP contribution in [0.5, 0.6) is 0 Å². The smallest absolute Gasteiger partial charge is 0.153 e. The van der Waals surface area contributed by atoms with E-state index in [-0.39, 0.29) is 11.5 Å². The summed E-state index contributed by atoms with van der Waals surface area (Å²) in [6, 6.07) is 0. The zero-order chi connectivity index (χ0) is 13.9. The molecule has 0 aromatic carbocycles. The van der Waals surface area contributed by atoms with Crippen LogP contribution in [-0.4, -0.2) is 43.7 Å². The molecule has 0 aliphatic carbocycles. The molecule has 1 atom stereocenters. The third kappa shape index (κ3) is 6.38. The maximum Gasteiger partial charge on any atom is 0.153 e. The maximum atomic E-state index is 11.5. The third-order valence-electron chi connectivity index (χ3n) is 3.01. The summed E-state index contributed by atoms with van der Waals surface area (Å²) in [5.41, 5.74) is -0.0399. The molecule has 17 heavy (non-hydrogen) atoms. The molecule has 0 aromatic heterocycles. The Labute approximate surface area is 106 Å². The minimum atomic E-state index is -3.06. The summed E-state index contributed by atoms with van der Waals surface area (Å²) < 4.78 is 22.3. The number of hydrogen-bond acceptors (Lipinski definition) is 4. The van der Waals surface area contributed by atoms with Crippen molar-refractivity contribution in [1.29, 1.82) is 0 Å². The summed E-state index contributed by atoms with van der Waals surface area (Å²) in [5, 5.41) is 12.5. The van der Waals surface area contributed by atoms with Crippen LogP contribution >= 0.6 is 0 Å². The molecule has 0 heterocycles. The van der Waals surface area contributed by atoms with Crippen molar-refractivity contribution in [2.45, 2.75) is 51.9 Å². The van der Waals surface area contributed by atoms with Crippen LogP contribution in [-0.2, 0) is 9.84 Å². The molecule has 0 aliphatic heterocycles. The quantitative estimate of drug-likeness (QED) is 0.726. The average Bonchev–Trinajstić information content (AvgIpc) is 1.97. The Kier molecular flexibility index (Phi) is 5.63. The first-order chi connectivity index (χ1) is 7.37. The summed E-state index contributed by atoms with van der Waals surface area (Å²) in [4.78, 5) is 0. The predicted octanol–water partition coefficient (Wildman–Crippen LogP) is 1.20. The van der Waals surface area contributed by atoms with Crippen LogP contribution in [0.2, 0.25) is 0 Å². The number of aliphatic hydroxyl groups excluding tert-OH is 1. The molecule has 1 unspecified atom stereocenters. The molecule has 0 aromatic rings. The van der Waals surface area contributed by atoms with E-state index in [0.29, 0.717) is 19.5 Å². The molecule has 0 bridgehead atoms. The van der Waals surface area contributed by atoms with Crippen LogP contribution < -0.4 is 5.32 Å². The van der Waals surface area contributed by atoms with E-state index < -0.39 is 14.6 Å². The molecule has 0 saturated heterocycles. The second-order valence-corrected chi connectivity index (χ2v) is 9.00. The van der Waals surface area contributed by atoms with Crippen LogP contribution in [0.15, 0.2) is 0 Å². The van der Waals surface area contributed by atoms with Crippen LogP contribution in [0.25, 0.3) is 0 Å². The average molecular weight is 265 g/mol. The Morgan fingerprint density at radius 2 is 1.65 bits per heavy atom. The lowest BCUT2D eigenvalue weighted by atomic mass is 9.87. The van der Waals surface area contributed by atoms with E-state index in [1.54, 1.807) is 20.8 Å². The molecule has 0 amide bonds. The van der Waals surface area contributed by atoms with Gasteiger partial charge in [-0.3, -0.25) is 0 Å². The number of rotatable bonds is 7. The van der Waals surface area contributed by atoms with Crippen molar-refractivity contribution in [3.8, 4) is 0 Å². The zero-order valence-corrected chi connectivity index (χ0v) is 12.7. The van der Waals surface area contributed by atoms with Crippen molar-refractivity contribution in [2.24, 2.45) is 5.41 Å². The van der Waals surface area contributed by atoms with E-state index in [9.17, 15) is 13.5 Å². The molecule has 0 saturated carbocycles. The van der Waals surface area contributed by atoms with E-state index >= 15 is 0 Å². The molecule has 5 heteroatoms. The van der Waals surface area contributed by atoms with Gasteiger partial charge in [0.2, 0.25) is 0 Å². The van der Waals surface area contributed by atoms with Crippen LogP contribution in [0.3, 0.4) is 0 Å². The molecule has 0 fully saturated rings. The summed E-state index contributed by atoms with van der Waals surface area (Å²) in [6.07, 6.45) is 1.62. The second kappa shape index (κ2) is 5.67. The van der Waals surface area contributed by atoms with E-state index in [2.05, 4.69) is 19.2 Å². The van der Waals surface area contributed by atoms with Crippen LogP contribution in [0.1, 0.15) is 41.0 Å². The highest BCUT2D eigenvalue weighted by molar-refractivity contribution is 7.92. The number of aliphatic hydroxyl groups is 1. The van der Waals surface area contributed by atoms with Gasteiger partial charge in [0.25, 0.3) is 0 Å². The molecule has 0 aliphatic rings. The second-order valence-electron chi connectivity index (χ2n) is 6.35. The molecule has 4 nitrogen and oxygen atoms in total. The summed E-state index contributed by atoms with van der Waals surface area (Å²) in [7, 11) is -3.06. The van der Waals surface area contributed by atoms with E-state index in [1.807, 2.05) is 0 Å². The fourth-order valence-electron chi connectivity index (χ4n) is 1.70. The zero-order valence-electron chi connectivity index (χ0n) is 11.9. The standard InChI is InChI=1S/C12H27NO3S/c1-10(14)7-11(2,3)8-13-9-12(4,5)17(6,15)16/h10,13-14H,7-9H2,1-6H3. The minimum Gasteiger partial charge on any atom is -0.393 e. The van der Waals surface area contributed by atoms with E-state index in [4.69, 9.17) is 0 Å². The Hall–Kier alpha value is -0.130. The van der Waals surface area contributed by atoms with Gasteiger partial charge < -0.3 is 10.4 Å². The van der Waals surface area contributed by atoms with Crippen molar-refractivity contribution < 1.29 is 13.5 Å². The highest BCUT2D eigenvalue weighted by Crippen LogP contribution is 2.22. The van der Waals surface area contributed by atoms with Crippen LogP contribution in [0, 0.1) is 5.41 Å². The van der Waals surface area contributed by atoms with Crippen molar-refractivity contribution in [3.63, 3.8) is 0 Å². The van der Waals surface area contributed by atoms with E-state index in [1.165, 1.54) is 6.26 Å². The van der Waals surface area contributed by atoms with Gasteiger partial charge >= 0.3 is 0 Å². The Balaban J connectivity index is 4.25. The summed E-state index contributed by atoms with van der Waals surface area (Å²) in [6.45, 7) is 10.4. The fraction of sp³-hybridized carbons (Fsp3) is 1.00. The first-order valence-corrected chi connectivity index (χ1v) is 7.85. The Bertz CT molecular complexity index is 332. The number of sulfone groups is 1. The van der Waals surface area contributed by atoms with Crippen molar-refractivity contribution >= 4 is 9.84 Å². The third-order valence-corrected chi connectivity index (χ3v) is 5.16. The van der Waals surface area contributed by atoms with Crippen molar-refractivity contribution in [2.75, 3.05) is 19.3 Å². The monoisotopic (exact) mass is 265 g/mol. The number of nitrogens with one attached hydrogen (secondary N) is 1. The van der Waals surface area contributed by atoms with Gasteiger partial charge in [0.15, 0.2) is 9.84 Å². The minimum absolute atomic E-state index is 0.0399. The number of hydrogen-bond donors (Lipinski definition) is 2. The highest BCUT2D eigenvalue weighted by atomic mass is 32.2. The fourth-order valence-corrected chi connectivity index (χ4v) is 2.07. The van der Waals surface area contributed by atoms with Crippen molar-refractivity contribution in [3.05, 3.63) is 0 Å². The van der Waals surface area contributed by atoms with Gasteiger partial charge in [0.05, 0.1) is 10.9 Å². The molecular weight excluding hydrogens is 238 g/mol. The predicted molar refractivity (Wildman–Crippen MR) is 71.9 cm³/mol. The van der Waals surface area contributed by atoms with Gasteiger partial charge in [-0.2, -0.15) is 0 Å². The van der Waals surface area contributed by atoms with Gasteiger partial charge in [-0.1, -0.05) is 13.8 Å². The normalized spacial score (nSPS) is 15.9. The lowest BCUT2D eigenvalue weighted by Gasteiger charge is -2.29. The Morgan fingerprint density at radius 1 is 1.18 bits per heavy atom. The van der Waals surface area contributed by atoms with Crippen LogP contribution in [0.4, 0.5) is 0 Å². The molecule has 0 radical (unpaired) electrons. The molecule has 104 valence electrons. The van der Waals surface area contributed by atoms with Gasteiger partial charge in [0, 0.05) is 19.3 Å². The molecule has 0 rings (SSSR count). The highest BCUT2D eigenvalue weighted by Gasteiger charge is 2.30. The van der Waals surface area contributed by atoms with Gasteiger partial charge in [-0.05, 0) is 32.6 Å². The van der Waals surface area contributed by atoms with Gasteiger partial charge in [-0.25, -0.2) is 8.42 Å². The first kappa shape index (κ1) is 16.9. The maximum absolute atomic E-state index is 11.5. The molecule has 0 spiro atoms.